The zero-order valence-electron chi connectivity index (χ0n) is 18.0. The summed E-state index contributed by atoms with van der Waals surface area (Å²) in [5, 5.41) is 20.5. The molecule has 32 heavy (non-hydrogen) atoms. The number of aliphatic carboxylic acids is 1. The Hall–Kier alpha value is -3.64. The Morgan fingerprint density at radius 1 is 1.03 bits per heavy atom. The van der Waals surface area contributed by atoms with Crippen LogP contribution in [0.15, 0.2) is 60.7 Å². The first-order valence-electron chi connectivity index (χ1n) is 10.5. The molecule has 1 aliphatic rings. The highest BCUT2D eigenvalue weighted by Crippen LogP contribution is 2.44. The molecule has 6 heteroatoms. The van der Waals surface area contributed by atoms with E-state index in [1.54, 1.807) is 26.0 Å². The summed E-state index contributed by atoms with van der Waals surface area (Å²) in [5.41, 5.74) is 6.73. The van der Waals surface area contributed by atoms with E-state index in [9.17, 15) is 19.8 Å². The van der Waals surface area contributed by atoms with Crippen molar-refractivity contribution in [3.05, 3.63) is 88.5 Å². The summed E-state index contributed by atoms with van der Waals surface area (Å²) in [6.45, 7) is 3.75. The van der Waals surface area contributed by atoms with Crippen molar-refractivity contribution in [2.45, 2.75) is 32.2 Å². The zero-order chi connectivity index (χ0) is 22.8. The molecule has 0 heterocycles. The summed E-state index contributed by atoms with van der Waals surface area (Å²) in [6.07, 6.45) is 0.500. The van der Waals surface area contributed by atoms with Crippen molar-refractivity contribution >= 4 is 12.4 Å². The normalized spacial score (nSPS) is 13.3. The molecule has 6 nitrogen and oxygen atoms in total. The van der Waals surface area contributed by atoms with Crippen molar-refractivity contribution in [2.24, 2.45) is 0 Å². The number of carbonyl (C=O) groups excluding carboxylic acids is 1. The average molecular weight is 431 g/mol. The van der Waals surface area contributed by atoms with Gasteiger partial charge in [0.05, 0.1) is 6.61 Å². The van der Waals surface area contributed by atoms with E-state index in [1.165, 1.54) is 0 Å². The quantitative estimate of drug-likeness (QED) is 0.412. The second kappa shape index (κ2) is 8.85. The van der Waals surface area contributed by atoms with E-state index in [4.69, 9.17) is 4.84 Å². The summed E-state index contributed by atoms with van der Waals surface area (Å²) in [7, 11) is 0. The maximum absolute atomic E-state index is 12.1. The second-order valence-corrected chi connectivity index (χ2v) is 8.10. The molecule has 4 rings (SSSR count). The summed E-state index contributed by atoms with van der Waals surface area (Å²) >= 11 is 0. The zero-order valence-corrected chi connectivity index (χ0v) is 18.0. The molecule has 3 aromatic carbocycles. The Morgan fingerprint density at radius 2 is 1.56 bits per heavy atom. The van der Waals surface area contributed by atoms with Crippen LogP contribution in [0.4, 0.5) is 0 Å². The number of carbonyl (C=O) groups is 2. The number of phenols is 1. The molecule has 1 aliphatic carbocycles. The third kappa shape index (κ3) is 3.97. The lowest BCUT2D eigenvalue weighted by Crippen LogP contribution is -2.42. The number of carboxylic acid groups (broad SMARTS) is 1. The van der Waals surface area contributed by atoms with Gasteiger partial charge in [-0.05, 0) is 64.9 Å². The first kappa shape index (κ1) is 21.6. The fourth-order valence-corrected chi connectivity index (χ4v) is 4.57. The van der Waals surface area contributed by atoms with Crippen LogP contribution in [0.1, 0.15) is 33.7 Å². The van der Waals surface area contributed by atoms with Gasteiger partial charge in [-0.25, -0.2) is 9.86 Å². The minimum absolute atomic E-state index is 0.0733. The second-order valence-electron chi connectivity index (χ2n) is 8.10. The van der Waals surface area contributed by atoms with Crippen LogP contribution in [-0.4, -0.2) is 40.3 Å². The van der Waals surface area contributed by atoms with Gasteiger partial charge in [0, 0.05) is 12.3 Å². The van der Waals surface area contributed by atoms with Crippen molar-refractivity contribution in [3.63, 3.8) is 0 Å². The summed E-state index contributed by atoms with van der Waals surface area (Å²) in [6, 6.07) is 18.1. The molecule has 0 saturated heterocycles. The average Bonchev–Trinajstić information content (AvgIpc) is 3.08. The number of hydroxylamine groups is 2. The lowest BCUT2D eigenvalue weighted by molar-refractivity contribution is -0.196. The molecule has 3 aromatic rings. The fourth-order valence-electron chi connectivity index (χ4n) is 4.57. The Morgan fingerprint density at radius 3 is 2.06 bits per heavy atom. The number of carboxylic acids is 1. The van der Waals surface area contributed by atoms with Crippen LogP contribution in [0, 0.1) is 13.8 Å². The van der Waals surface area contributed by atoms with Crippen LogP contribution < -0.4 is 0 Å². The van der Waals surface area contributed by atoms with Crippen LogP contribution in [0.2, 0.25) is 0 Å². The van der Waals surface area contributed by atoms with Gasteiger partial charge < -0.3 is 10.2 Å². The molecular weight excluding hydrogens is 406 g/mol. The first-order valence-corrected chi connectivity index (χ1v) is 10.5. The summed E-state index contributed by atoms with van der Waals surface area (Å²) < 4.78 is 0. The molecule has 0 bridgehead atoms. The monoisotopic (exact) mass is 431 g/mol. The summed E-state index contributed by atoms with van der Waals surface area (Å²) in [4.78, 5) is 29.7. The molecule has 2 N–H and O–H groups in total. The van der Waals surface area contributed by atoms with Crippen LogP contribution >= 0.6 is 0 Å². The molecule has 0 saturated carbocycles. The van der Waals surface area contributed by atoms with Gasteiger partial charge in [-0.15, -0.1) is 0 Å². The smallest absolute Gasteiger partial charge is 0.329 e. The number of hydrogen-bond acceptors (Lipinski definition) is 4. The van der Waals surface area contributed by atoms with E-state index in [2.05, 4.69) is 12.1 Å². The number of fused-ring (bicyclic) bond motifs is 3. The molecule has 0 unspecified atom stereocenters. The lowest BCUT2D eigenvalue weighted by atomic mass is 9.96. The molecule has 0 spiro atoms. The van der Waals surface area contributed by atoms with Crippen molar-refractivity contribution in [2.75, 3.05) is 6.61 Å². The lowest BCUT2D eigenvalue weighted by Gasteiger charge is -2.27. The van der Waals surface area contributed by atoms with Gasteiger partial charge in [-0.3, -0.25) is 9.63 Å². The fraction of sp³-hybridized carbons (Fsp3) is 0.231. The van der Waals surface area contributed by atoms with Gasteiger partial charge in [0.15, 0.2) is 6.04 Å². The minimum Gasteiger partial charge on any atom is -0.508 e. The Balaban J connectivity index is 1.58. The molecule has 0 fully saturated rings. The van der Waals surface area contributed by atoms with Gasteiger partial charge in [0.1, 0.15) is 5.75 Å². The van der Waals surface area contributed by atoms with E-state index >= 15 is 0 Å². The molecule has 1 atom stereocenters. The van der Waals surface area contributed by atoms with Gasteiger partial charge in [0.2, 0.25) is 6.41 Å². The third-order valence-corrected chi connectivity index (χ3v) is 6.13. The van der Waals surface area contributed by atoms with Crippen LogP contribution in [0.3, 0.4) is 0 Å². The summed E-state index contributed by atoms with van der Waals surface area (Å²) in [5.74, 6) is -1.13. The van der Waals surface area contributed by atoms with E-state index in [-0.39, 0.29) is 24.7 Å². The highest BCUT2D eigenvalue weighted by atomic mass is 16.7. The first-order chi connectivity index (χ1) is 15.4. The van der Waals surface area contributed by atoms with E-state index < -0.39 is 12.0 Å². The number of phenolic OH excluding ortho intramolecular Hbond substituents is 1. The van der Waals surface area contributed by atoms with Gasteiger partial charge in [-0.1, -0.05) is 48.5 Å². The van der Waals surface area contributed by atoms with Crippen molar-refractivity contribution in [1.82, 2.24) is 5.06 Å². The Bertz CT molecular complexity index is 1100. The number of nitrogens with zero attached hydrogens (tertiary/aromatic N) is 1. The highest BCUT2D eigenvalue weighted by molar-refractivity contribution is 5.79. The van der Waals surface area contributed by atoms with Crippen LogP contribution in [0.25, 0.3) is 11.1 Å². The van der Waals surface area contributed by atoms with E-state index in [0.29, 0.717) is 6.41 Å². The Kier molecular flexibility index (Phi) is 5.97. The number of rotatable bonds is 8. The van der Waals surface area contributed by atoms with E-state index in [1.807, 2.05) is 36.4 Å². The number of hydrogen-bond donors (Lipinski definition) is 2. The van der Waals surface area contributed by atoms with Crippen molar-refractivity contribution < 1.29 is 24.6 Å². The van der Waals surface area contributed by atoms with Gasteiger partial charge in [0.25, 0.3) is 0 Å². The standard InChI is InChI=1S/C26H25NO5/c1-16-11-18(29)12-17(2)23(16)13-25(26(30)31)27(15-28)32-14-24-21-9-5-3-7-19(21)20-8-4-6-10-22(20)24/h3-12,15,24-25,29H,13-14H2,1-2H3,(H,30,31)/t25-/m0/s1. The maximum atomic E-state index is 12.1. The van der Waals surface area contributed by atoms with E-state index in [0.717, 1.165) is 44.0 Å². The highest BCUT2D eigenvalue weighted by Gasteiger charge is 2.32. The van der Waals surface area contributed by atoms with Crippen LogP contribution in [-0.2, 0) is 20.8 Å². The van der Waals surface area contributed by atoms with Gasteiger partial charge >= 0.3 is 5.97 Å². The topological polar surface area (TPSA) is 87.1 Å². The molecule has 1 amide bonds. The number of aryl methyl sites for hydroxylation is 2. The molecule has 0 aromatic heterocycles. The largest absolute Gasteiger partial charge is 0.508 e. The molecule has 0 aliphatic heterocycles. The molecule has 164 valence electrons. The predicted molar refractivity (Wildman–Crippen MR) is 120 cm³/mol. The minimum atomic E-state index is -1.19. The van der Waals surface area contributed by atoms with Crippen molar-refractivity contribution in [3.8, 4) is 16.9 Å². The predicted octanol–water partition coefficient (Wildman–Crippen LogP) is 4.21. The third-order valence-electron chi connectivity index (χ3n) is 6.13. The number of aromatic hydroxyl groups is 1. The van der Waals surface area contributed by atoms with Crippen molar-refractivity contribution in [1.29, 1.82) is 0 Å². The molecule has 0 radical (unpaired) electrons. The van der Waals surface area contributed by atoms with Crippen LogP contribution in [0.5, 0.6) is 5.75 Å². The number of amides is 1. The Labute approximate surface area is 186 Å². The maximum Gasteiger partial charge on any atom is 0.329 e. The van der Waals surface area contributed by atoms with Gasteiger partial charge in [-0.2, -0.15) is 0 Å². The number of benzene rings is 3. The SMILES string of the molecule is Cc1cc(O)cc(C)c1C[C@@H](C(=O)O)N(C=O)OCC1c2ccccc2-c2ccccc21. The molecular formula is C26H25NO5.